The van der Waals surface area contributed by atoms with Gasteiger partial charge < -0.3 is 35.8 Å². The Labute approximate surface area is 311 Å². The Hall–Kier alpha value is -2.80. The summed E-state index contributed by atoms with van der Waals surface area (Å²) in [5.41, 5.74) is -1.24. The quantitative estimate of drug-likeness (QED) is 0.277. The van der Waals surface area contributed by atoms with Gasteiger partial charge in [0.1, 0.15) is 24.5 Å². The monoisotopic (exact) mass is 770 g/mol. The molecular formula is C34H38N6O7S4. The van der Waals surface area contributed by atoms with E-state index < -0.39 is 79.2 Å². The maximum absolute atomic E-state index is 15.2. The van der Waals surface area contributed by atoms with Gasteiger partial charge in [-0.1, -0.05) is 61.0 Å². The predicted molar refractivity (Wildman–Crippen MR) is 197 cm³/mol. The Morgan fingerprint density at radius 2 is 1.29 bits per heavy atom. The molecule has 0 aliphatic carbocycles. The van der Waals surface area contributed by atoms with Crippen LogP contribution in [0.25, 0.3) is 0 Å². The number of amides is 4. The molecule has 13 nitrogen and oxygen atoms in total. The minimum absolute atomic E-state index is 0.305. The third kappa shape index (κ3) is 3.04. The van der Waals surface area contributed by atoms with Crippen molar-refractivity contribution in [3.8, 4) is 0 Å². The first-order chi connectivity index (χ1) is 24.3. The topological polar surface area (TPSA) is 166 Å². The first kappa shape index (κ1) is 34.0. The number of para-hydroxylation sites is 2. The van der Waals surface area contributed by atoms with Crippen molar-refractivity contribution >= 4 is 80.1 Å². The molecule has 2 aromatic rings. The van der Waals surface area contributed by atoms with Gasteiger partial charge in [0, 0.05) is 25.5 Å². The fourth-order valence-corrected chi connectivity index (χ4v) is 16.8. The van der Waals surface area contributed by atoms with Crippen LogP contribution in [0.2, 0.25) is 0 Å². The van der Waals surface area contributed by atoms with Crippen molar-refractivity contribution in [2.24, 2.45) is 5.92 Å². The number of carbonyl (C=O) groups excluding carboxylic acids is 4. The number of rotatable bonds is 5. The zero-order valence-electron chi connectivity index (χ0n) is 28.6. The van der Waals surface area contributed by atoms with E-state index in [1.54, 1.807) is 25.6 Å². The van der Waals surface area contributed by atoms with E-state index in [1.807, 2.05) is 56.3 Å². The van der Waals surface area contributed by atoms with Gasteiger partial charge in [0.05, 0.1) is 17.4 Å². The number of hydrogen-bond acceptors (Lipinski definition) is 13. The summed E-state index contributed by atoms with van der Waals surface area (Å²) in [6, 6.07) is 14.6. The standard InChI is InChI=1S/C34H38N6O7S4/c1-16(2)32-28(47)40-24-31(18-12-8-10-14-20(18)36-24,22(43)34(40,51-50-32)27(46)38(32)4)30-17-11-7-9-13-19(17)35-23(30)39-25(44)29(15-41,48-5)37(3)26(45)33(39,49-6)21(30)42/h7-14,16,21-24,35-36,41-43H,15H2,1-6H3/t21-,22-,23-,24+,29-,30-,31+,32-,33-,34-/m0/s1. The second-order valence-corrected chi connectivity index (χ2v) is 19.3. The second-order valence-electron chi connectivity index (χ2n) is 14.6. The molecule has 4 amide bonds. The number of benzene rings is 2. The lowest BCUT2D eigenvalue weighted by Crippen LogP contribution is -2.79. The molecule has 5 N–H and O–H groups in total. The molecule has 8 aliphatic rings. The SMILES string of the molecule is CS[C@@]1(CO)C(=O)N2[C@@H]3Nc4ccccc4[C@]3([C@@]34c5ccccc5N[C@@H]3N3C(=O)[C@]5(C(C)C)SS[C@]3(C(=O)N5C)[C@H]4O)[C@H](O)[C@]2(SC)C(=O)N1C. The normalized spacial score (nSPS) is 42.9. The zero-order valence-corrected chi connectivity index (χ0v) is 31.9. The Morgan fingerprint density at radius 1 is 0.745 bits per heavy atom. The van der Waals surface area contributed by atoms with E-state index in [0.29, 0.717) is 22.5 Å². The average molecular weight is 771 g/mol. The van der Waals surface area contributed by atoms with Gasteiger partial charge in [-0.15, -0.1) is 23.5 Å². The number of nitrogens with one attached hydrogen (secondary N) is 2. The van der Waals surface area contributed by atoms with E-state index in [1.165, 1.54) is 37.4 Å². The Morgan fingerprint density at radius 3 is 1.82 bits per heavy atom. The van der Waals surface area contributed by atoms with Crippen molar-refractivity contribution in [1.82, 2.24) is 19.6 Å². The van der Waals surface area contributed by atoms with Crippen LogP contribution in [0.5, 0.6) is 0 Å². The van der Waals surface area contributed by atoms with Crippen LogP contribution in [0, 0.1) is 5.92 Å². The first-order valence-corrected chi connectivity index (χ1v) is 21.3. The number of carbonyl (C=O) groups is 4. The van der Waals surface area contributed by atoms with E-state index in [4.69, 9.17) is 0 Å². The van der Waals surface area contributed by atoms with Gasteiger partial charge in [-0.2, -0.15) is 0 Å². The lowest BCUT2D eigenvalue weighted by molar-refractivity contribution is -0.169. The number of hydrogen-bond donors (Lipinski definition) is 5. The van der Waals surface area contributed by atoms with E-state index in [9.17, 15) is 24.9 Å². The van der Waals surface area contributed by atoms with Gasteiger partial charge in [0.15, 0.2) is 14.6 Å². The van der Waals surface area contributed by atoms with Crippen molar-refractivity contribution in [3.63, 3.8) is 0 Å². The van der Waals surface area contributed by atoms with Crippen LogP contribution in [0.3, 0.4) is 0 Å². The highest BCUT2D eigenvalue weighted by Gasteiger charge is 2.92. The van der Waals surface area contributed by atoms with Gasteiger partial charge in [0.2, 0.25) is 4.87 Å². The summed E-state index contributed by atoms with van der Waals surface area (Å²) in [5, 5.41) is 44.9. The number of anilines is 2. The highest BCUT2D eigenvalue weighted by molar-refractivity contribution is 8.78. The molecule has 0 radical (unpaired) electrons. The molecule has 0 aromatic heterocycles. The minimum atomic E-state index is -1.94. The number of aliphatic hydroxyl groups excluding tert-OH is 3. The van der Waals surface area contributed by atoms with Crippen LogP contribution in [-0.4, -0.2) is 136 Å². The van der Waals surface area contributed by atoms with Gasteiger partial charge in [0.25, 0.3) is 23.6 Å². The summed E-state index contributed by atoms with van der Waals surface area (Å²) in [6.07, 6.45) is -2.35. The maximum Gasteiger partial charge on any atom is 0.264 e. The summed E-state index contributed by atoms with van der Waals surface area (Å²) in [4.78, 5) is 59.1. The molecule has 10 atom stereocenters. The Balaban J connectivity index is 1.42. The molecule has 10 rings (SSSR count). The number of piperazine rings is 2. The lowest BCUT2D eigenvalue weighted by Gasteiger charge is -2.60. The van der Waals surface area contributed by atoms with E-state index >= 15 is 9.59 Å². The van der Waals surface area contributed by atoms with Crippen LogP contribution in [0.1, 0.15) is 25.0 Å². The fraction of sp³-hybridized carbons (Fsp3) is 0.529. The van der Waals surface area contributed by atoms with Crippen molar-refractivity contribution in [2.75, 3.05) is 43.8 Å². The zero-order chi connectivity index (χ0) is 36.4. The summed E-state index contributed by atoms with van der Waals surface area (Å²) >= 11 is 2.05. The number of thioether (sulfide) groups is 2. The van der Waals surface area contributed by atoms with Gasteiger partial charge in [-0.3, -0.25) is 29.0 Å². The van der Waals surface area contributed by atoms with Crippen molar-refractivity contribution in [3.05, 3.63) is 59.7 Å². The maximum atomic E-state index is 15.2. The molecule has 51 heavy (non-hydrogen) atoms. The average Bonchev–Trinajstić information content (AvgIpc) is 3.78. The second kappa shape index (κ2) is 10.2. The molecule has 2 bridgehead atoms. The smallest absolute Gasteiger partial charge is 0.264 e. The highest BCUT2D eigenvalue weighted by atomic mass is 33.1. The van der Waals surface area contributed by atoms with Gasteiger partial charge >= 0.3 is 0 Å². The molecule has 17 heteroatoms. The molecule has 8 heterocycles. The summed E-state index contributed by atoms with van der Waals surface area (Å²) in [6.45, 7) is 3.10. The summed E-state index contributed by atoms with van der Waals surface area (Å²) in [5.74, 6) is -2.27. The molecule has 6 fully saturated rings. The third-order valence-electron chi connectivity index (χ3n) is 13.0. The number of fused-ring (bicyclic) bond motifs is 11. The number of nitrogens with zero attached hydrogens (tertiary/aromatic N) is 4. The summed E-state index contributed by atoms with van der Waals surface area (Å²) < 4.78 is 0. The van der Waals surface area contributed by atoms with Crippen LogP contribution in [0.4, 0.5) is 11.4 Å². The number of likely N-dealkylation sites (N-methyl/N-ethyl adjacent to an activating group) is 2. The minimum Gasteiger partial charge on any atom is -0.392 e. The Kier molecular flexibility index (Phi) is 6.82. The van der Waals surface area contributed by atoms with Crippen molar-refractivity contribution in [1.29, 1.82) is 0 Å². The largest absolute Gasteiger partial charge is 0.392 e. The highest BCUT2D eigenvalue weighted by Crippen LogP contribution is 2.77. The third-order valence-corrected chi connectivity index (χ3v) is 19.3. The first-order valence-electron chi connectivity index (χ1n) is 16.7. The molecule has 2 aromatic carbocycles. The molecule has 0 saturated carbocycles. The van der Waals surface area contributed by atoms with E-state index in [-0.39, 0.29) is 11.8 Å². The molecule has 1 spiro atoms. The van der Waals surface area contributed by atoms with E-state index in [0.717, 1.165) is 34.3 Å². The van der Waals surface area contributed by atoms with Crippen LogP contribution in [-0.2, 0) is 30.0 Å². The molecule has 270 valence electrons. The van der Waals surface area contributed by atoms with Gasteiger partial charge in [-0.25, -0.2) is 0 Å². The molecular weight excluding hydrogens is 733 g/mol. The molecule has 6 saturated heterocycles. The molecule has 0 unspecified atom stereocenters. The lowest BCUT2D eigenvalue weighted by atomic mass is 9.52. The van der Waals surface area contributed by atoms with E-state index in [2.05, 4.69) is 10.6 Å². The van der Waals surface area contributed by atoms with Crippen molar-refractivity contribution in [2.45, 2.75) is 68.7 Å². The van der Waals surface area contributed by atoms with Crippen LogP contribution >= 0.6 is 45.1 Å². The van der Waals surface area contributed by atoms with Crippen molar-refractivity contribution < 1.29 is 34.5 Å². The van der Waals surface area contributed by atoms with Gasteiger partial charge in [-0.05, 0) is 52.5 Å². The number of aliphatic hydroxyl groups is 3. The van der Waals surface area contributed by atoms with Crippen LogP contribution in [0.15, 0.2) is 48.5 Å². The summed E-state index contributed by atoms with van der Waals surface area (Å²) in [7, 11) is 5.49. The predicted octanol–water partition coefficient (Wildman–Crippen LogP) is 1.27. The van der Waals surface area contributed by atoms with Crippen LogP contribution < -0.4 is 10.6 Å². The fourth-order valence-electron chi connectivity index (χ4n) is 10.8. The molecule has 8 aliphatic heterocycles. The Bertz CT molecular complexity index is 1970.